The molecule has 0 aromatic carbocycles. The molecular formula is C18H35NO8W. The topological polar surface area (TPSA) is 119 Å². The van der Waals surface area contributed by atoms with Gasteiger partial charge in [0.15, 0.2) is 0 Å². The van der Waals surface area contributed by atoms with Gasteiger partial charge in [0.2, 0.25) is 5.60 Å². The van der Waals surface area contributed by atoms with Crippen molar-refractivity contribution in [2.45, 2.75) is 60.0 Å². The number of nitrogens with zero attached hydrogens (tertiary/aromatic N) is 1. The first-order valence-corrected chi connectivity index (χ1v) is 9.11. The van der Waals surface area contributed by atoms with Crippen molar-refractivity contribution >= 4 is 24.9 Å². The fraction of sp³-hybridized carbons (Fsp3) is 0.778. The number of esters is 1. The molecule has 0 aliphatic carbocycles. The van der Waals surface area contributed by atoms with Crippen LogP contribution in [0, 0.1) is 0 Å². The van der Waals surface area contributed by atoms with E-state index in [1.165, 1.54) is 13.8 Å². The van der Waals surface area contributed by atoms with Crippen molar-refractivity contribution < 1.29 is 59.6 Å². The second kappa shape index (κ2) is 23.6. The van der Waals surface area contributed by atoms with Crippen molar-refractivity contribution in [2.75, 3.05) is 32.8 Å². The molecule has 0 atom stereocenters. The van der Waals surface area contributed by atoms with Crippen LogP contribution in [0.25, 0.3) is 0 Å². The molecule has 0 aromatic heterocycles. The summed E-state index contributed by atoms with van der Waals surface area (Å²) in [6, 6.07) is 0. The molecule has 0 aliphatic rings. The van der Waals surface area contributed by atoms with Crippen molar-refractivity contribution in [2.24, 2.45) is 0 Å². The van der Waals surface area contributed by atoms with Gasteiger partial charge < -0.3 is 19.3 Å². The molecule has 0 spiro atoms. The van der Waals surface area contributed by atoms with Gasteiger partial charge in [-0.2, -0.15) is 0 Å². The Balaban J connectivity index is -0.000000537. The Bertz CT molecular complexity index is 389. The fourth-order valence-corrected chi connectivity index (χ4v) is 1.65. The van der Waals surface area contributed by atoms with E-state index in [-0.39, 0.29) is 40.8 Å². The summed E-state index contributed by atoms with van der Waals surface area (Å²) < 4.78 is 14.1. The Morgan fingerprint density at radius 2 is 1.32 bits per heavy atom. The predicted octanol–water partition coefficient (Wildman–Crippen LogP) is 1.87. The average molecular weight is 577 g/mol. The van der Waals surface area contributed by atoms with E-state index in [9.17, 15) is 19.2 Å². The Morgan fingerprint density at radius 3 is 1.64 bits per heavy atom. The number of aliphatic carboxylic acids is 1. The van der Waals surface area contributed by atoms with Gasteiger partial charge >= 0.3 is 11.9 Å². The minimum absolute atomic E-state index is 0. The molecule has 0 heterocycles. The molecule has 10 heteroatoms. The van der Waals surface area contributed by atoms with Gasteiger partial charge in [-0.3, -0.25) is 19.3 Å². The zero-order chi connectivity index (χ0) is 21.7. The van der Waals surface area contributed by atoms with Crippen LogP contribution >= 0.6 is 0 Å². The summed E-state index contributed by atoms with van der Waals surface area (Å²) in [5.74, 6) is -1.92. The molecule has 0 aliphatic heterocycles. The van der Waals surface area contributed by atoms with Gasteiger partial charge in [0.25, 0.3) is 12.9 Å². The van der Waals surface area contributed by atoms with Gasteiger partial charge in [-0.15, -0.1) is 0 Å². The maximum absolute atomic E-state index is 11.8. The van der Waals surface area contributed by atoms with E-state index in [1.54, 1.807) is 4.90 Å². The predicted molar refractivity (Wildman–Crippen MR) is 100 cm³/mol. The molecule has 0 unspecified atom stereocenters. The van der Waals surface area contributed by atoms with Gasteiger partial charge in [0, 0.05) is 34.2 Å². The number of carbonyl (C=O) groups excluding carboxylic acids is 3. The van der Waals surface area contributed by atoms with E-state index >= 15 is 0 Å². The third-order valence-electron chi connectivity index (χ3n) is 2.85. The van der Waals surface area contributed by atoms with Crippen LogP contribution in [0.15, 0.2) is 0 Å². The first-order chi connectivity index (χ1) is 12.8. The number of carboxylic acid groups (broad SMARTS) is 1. The normalized spacial score (nSPS) is 9.39. The summed E-state index contributed by atoms with van der Waals surface area (Å²) in [5, 5.41) is 8.94. The van der Waals surface area contributed by atoms with Gasteiger partial charge in [-0.1, -0.05) is 27.7 Å². The second-order valence-electron chi connectivity index (χ2n) is 5.21. The summed E-state index contributed by atoms with van der Waals surface area (Å²) in [4.78, 5) is 44.7. The number of hydrogen-bond acceptors (Lipinski definition) is 8. The van der Waals surface area contributed by atoms with Crippen molar-refractivity contribution in [3.05, 3.63) is 0 Å². The van der Waals surface area contributed by atoms with Crippen LogP contribution in [0.3, 0.4) is 0 Å². The Morgan fingerprint density at radius 1 is 0.929 bits per heavy atom. The zero-order valence-electron chi connectivity index (χ0n) is 17.8. The standard InChI is InChI=1S/C14H23NO8.2C2H6.W/c1-14(2,13(19)20)23-12(18)9-15(5-3-7-21-10-16)6-4-8-22-11-17;2*1-2;/h10-11H,3-9H2,1-2H3,(H,19,20);2*1-2H3;. The minimum atomic E-state index is -1.61. The Kier molecular flexibility index (Phi) is 28.7. The van der Waals surface area contributed by atoms with Gasteiger partial charge in [-0.25, -0.2) is 4.79 Å². The van der Waals surface area contributed by atoms with Crippen LogP contribution in [0.1, 0.15) is 54.4 Å². The molecule has 0 radical (unpaired) electrons. The van der Waals surface area contributed by atoms with Gasteiger partial charge in [0.05, 0.1) is 19.8 Å². The summed E-state index contributed by atoms with van der Waals surface area (Å²) in [5.41, 5.74) is -1.61. The summed E-state index contributed by atoms with van der Waals surface area (Å²) in [7, 11) is 0. The molecule has 0 amide bonds. The van der Waals surface area contributed by atoms with E-state index in [0.29, 0.717) is 38.9 Å². The van der Waals surface area contributed by atoms with Crippen LogP contribution in [0.2, 0.25) is 0 Å². The van der Waals surface area contributed by atoms with Crippen LogP contribution in [0.4, 0.5) is 0 Å². The summed E-state index contributed by atoms with van der Waals surface area (Å²) in [6.07, 6.45) is 1.01. The smallest absolute Gasteiger partial charge is 0.347 e. The molecule has 0 saturated heterocycles. The van der Waals surface area contributed by atoms with E-state index in [4.69, 9.17) is 9.84 Å². The molecule has 1 N–H and O–H groups in total. The molecule has 0 aromatic rings. The number of ether oxygens (including phenoxy) is 3. The molecule has 166 valence electrons. The van der Waals surface area contributed by atoms with Crippen molar-refractivity contribution in [1.82, 2.24) is 4.90 Å². The number of carboxylic acids is 1. The van der Waals surface area contributed by atoms with E-state index in [2.05, 4.69) is 9.47 Å². The number of rotatable bonds is 14. The third-order valence-corrected chi connectivity index (χ3v) is 2.85. The Labute approximate surface area is 182 Å². The molecule has 0 rings (SSSR count). The maximum atomic E-state index is 11.8. The monoisotopic (exact) mass is 577 g/mol. The molecule has 28 heavy (non-hydrogen) atoms. The Hall–Kier alpha value is -1.47. The van der Waals surface area contributed by atoms with Gasteiger partial charge in [-0.05, 0) is 26.7 Å². The first-order valence-electron chi connectivity index (χ1n) is 9.11. The number of carbonyl (C=O) groups is 4. The van der Waals surface area contributed by atoms with Crippen LogP contribution in [-0.4, -0.2) is 73.3 Å². The summed E-state index contributed by atoms with van der Waals surface area (Å²) in [6.45, 7) is 12.4. The largest absolute Gasteiger partial charge is 0.478 e. The van der Waals surface area contributed by atoms with Crippen LogP contribution < -0.4 is 0 Å². The van der Waals surface area contributed by atoms with Gasteiger partial charge in [0.1, 0.15) is 0 Å². The molecule has 9 nitrogen and oxygen atoms in total. The summed E-state index contributed by atoms with van der Waals surface area (Å²) >= 11 is 0. The van der Waals surface area contributed by atoms with E-state index in [0.717, 1.165) is 0 Å². The first kappa shape index (κ1) is 34.1. The van der Waals surface area contributed by atoms with Crippen molar-refractivity contribution in [1.29, 1.82) is 0 Å². The van der Waals surface area contributed by atoms with Crippen molar-refractivity contribution in [3.8, 4) is 0 Å². The minimum Gasteiger partial charge on any atom is -0.478 e. The zero-order valence-corrected chi connectivity index (χ0v) is 20.7. The molecule has 0 fully saturated rings. The molecular weight excluding hydrogens is 542 g/mol. The molecule has 0 saturated carbocycles. The molecule has 0 bridgehead atoms. The van der Waals surface area contributed by atoms with Crippen molar-refractivity contribution in [3.63, 3.8) is 0 Å². The van der Waals surface area contributed by atoms with E-state index in [1.807, 2.05) is 27.7 Å². The van der Waals surface area contributed by atoms with E-state index < -0.39 is 17.5 Å². The quantitative estimate of drug-likeness (QED) is 0.143. The van der Waals surface area contributed by atoms with Crippen LogP contribution in [0.5, 0.6) is 0 Å². The average Bonchev–Trinajstić information content (AvgIpc) is 2.64. The SMILES string of the molecule is CC.CC.CC(C)(OC(=O)CN(CCCOC=O)CCCOC=O)C(=O)O.[W]. The second-order valence-corrected chi connectivity index (χ2v) is 5.21. The number of hydrogen-bond donors (Lipinski definition) is 1. The maximum Gasteiger partial charge on any atom is 0.347 e. The fourth-order valence-electron chi connectivity index (χ4n) is 1.65. The van der Waals surface area contributed by atoms with Crippen LogP contribution in [-0.2, 0) is 54.5 Å². The third kappa shape index (κ3) is 20.8.